The third-order valence-electron chi connectivity index (χ3n) is 6.35. The maximum atomic E-state index is 13.2. The highest BCUT2D eigenvalue weighted by molar-refractivity contribution is 6.07. The molecule has 0 bridgehead atoms. The molecular weight excluding hydrogens is 378 g/mol. The summed E-state index contributed by atoms with van der Waals surface area (Å²) in [4.78, 5) is 27.7. The fraction of sp³-hybridized carbons (Fsp3) is 0.360. The molecular formula is C25H25NO4. The zero-order valence-corrected chi connectivity index (χ0v) is 17.6. The summed E-state index contributed by atoms with van der Waals surface area (Å²) < 4.78 is 12.2. The fourth-order valence-corrected chi connectivity index (χ4v) is 4.78. The molecule has 0 amide bonds. The SMILES string of the molecule is Cc1cc2oc(=O)c3c(c2c2c1C(=O)C[C@@H](c1ccc(N(C)C)cc1)O2)CCCC3. The number of anilines is 1. The van der Waals surface area contributed by atoms with Crippen molar-refractivity contribution in [2.45, 2.75) is 45.1 Å². The first kappa shape index (κ1) is 18.9. The van der Waals surface area contributed by atoms with Crippen molar-refractivity contribution in [3.8, 4) is 5.75 Å². The molecule has 5 rings (SSSR count). The molecule has 0 saturated heterocycles. The van der Waals surface area contributed by atoms with Gasteiger partial charge in [0.1, 0.15) is 17.4 Å². The maximum absolute atomic E-state index is 13.2. The van der Waals surface area contributed by atoms with Crippen LogP contribution in [0.25, 0.3) is 11.0 Å². The van der Waals surface area contributed by atoms with Gasteiger partial charge in [0.15, 0.2) is 5.78 Å². The van der Waals surface area contributed by atoms with Crippen LogP contribution < -0.4 is 15.3 Å². The van der Waals surface area contributed by atoms with Gasteiger partial charge in [0.05, 0.1) is 17.4 Å². The van der Waals surface area contributed by atoms with Gasteiger partial charge in [-0.1, -0.05) is 12.1 Å². The van der Waals surface area contributed by atoms with Crippen molar-refractivity contribution in [2.75, 3.05) is 19.0 Å². The number of nitrogens with zero attached hydrogens (tertiary/aromatic N) is 1. The zero-order chi connectivity index (χ0) is 21.0. The van der Waals surface area contributed by atoms with E-state index in [-0.39, 0.29) is 17.5 Å². The summed E-state index contributed by atoms with van der Waals surface area (Å²) in [6, 6.07) is 9.93. The number of carbonyl (C=O) groups is 1. The lowest BCUT2D eigenvalue weighted by molar-refractivity contribution is 0.0852. The van der Waals surface area contributed by atoms with E-state index in [0.717, 1.165) is 59.0 Å². The van der Waals surface area contributed by atoms with Crippen molar-refractivity contribution in [2.24, 2.45) is 0 Å². The second-order valence-electron chi connectivity index (χ2n) is 8.54. The Morgan fingerprint density at radius 3 is 2.40 bits per heavy atom. The molecule has 0 unspecified atom stereocenters. The van der Waals surface area contributed by atoms with Crippen molar-refractivity contribution in [3.05, 3.63) is 68.6 Å². The van der Waals surface area contributed by atoms with E-state index in [9.17, 15) is 9.59 Å². The molecule has 2 aromatic carbocycles. The Balaban J connectivity index is 1.68. The lowest BCUT2D eigenvalue weighted by Crippen LogP contribution is -2.23. The average Bonchev–Trinajstić information content (AvgIpc) is 2.73. The van der Waals surface area contributed by atoms with Crippen molar-refractivity contribution in [3.63, 3.8) is 0 Å². The van der Waals surface area contributed by atoms with Crippen LogP contribution in [-0.2, 0) is 12.8 Å². The topological polar surface area (TPSA) is 59.8 Å². The van der Waals surface area contributed by atoms with Gasteiger partial charge >= 0.3 is 5.63 Å². The standard InChI is InChI=1S/C25H25NO4/c1-14-12-21-23(17-6-4-5-7-18(17)25(28)30-21)24-22(14)19(27)13-20(29-24)15-8-10-16(11-9-15)26(2)3/h8-12,20H,4-7,13H2,1-3H3/t20-/m0/s1. The summed E-state index contributed by atoms with van der Waals surface area (Å²) >= 11 is 0. The van der Waals surface area contributed by atoms with E-state index in [4.69, 9.17) is 9.15 Å². The number of aryl methyl sites for hydroxylation is 2. The summed E-state index contributed by atoms with van der Waals surface area (Å²) in [6.45, 7) is 1.88. The number of fused-ring (bicyclic) bond motifs is 5. The van der Waals surface area contributed by atoms with E-state index in [0.29, 0.717) is 23.3 Å². The van der Waals surface area contributed by atoms with Gasteiger partial charge in [0, 0.05) is 25.3 Å². The van der Waals surface area contributed by atoms with Crippen LogP contribution in [0.5, 0.6) is 5.75 Å². The monoisotopic (exact) mass is 403 g/mol. The largest absolute Gasteiger partial charge is 0.484 e. The minimum atomic E-state index is -0.350. The summed E-state index contributed by atoms with van der Waals surface area (Å²) in [5.41, 5.74) is 5.50. The first-order chi connectivity index (χ1) is 14.4. The van der Waals surface area contributed by atoms with E-state index in [1.165, 1.54) is 0 Å². The molecule has 2 aliphatic rings. The average molecular weight is 403 g/mol. The van der Waals surface area contributed by atoms with Crippen LogP contribution in [0, 0.1) is 6.92 Å². The van der Waals surface area contributed by atoms with E-state index < -0.39 is 0 Å². The first-order valence-electron chi connectivity index (χ1n) is 10.5. The number of benzene rings is 2. The minimum Gasteiger partial charge on any atom is -0.484 e. The Labute approximate surface area is 175 Å². The van der Waals surface area contributed by atoms with E-state index in [1.807, 2.05) is 56.3 Å². The Morgan fingerprint density at radius 2 is 1.70 bits per heavy atom. The van der Waals surface area contributed by atoms with Crippen molar-refractivity contribution >= 4 is 22.4 Å². The Kier molecular flexibility index (Phi) is 4.42. The molecule has 0 fully saturated rings. The van der Waals surface area contributed by atoms with Crippen LogP contribution in [-0.4, -0.2) is 19.9 Å². The summed E-state index contributed by atoms with van der Waals surface area (Å²) in [6.07, 6.45) is 3.50. The van der Waals surface area contributed by atoms with Gasteiger partial charge in [-0.15, -0.1) is 0 Å². The zero-order valence-electron chi connectivity index (χ0n) is 17.6. The van der Waals surface area contributed by atoms with Gasteiger partial charge in [-0.3, -0.25) is 4.79 Å². The molecule has 0 N–H and O–H groups in total. The van der Waals surface area contributed by atoms with Crippen LogP contribution in [0.15, 0.2) is 39.5 Å². The van der Waals surface area contributed by atoms with Gasteiger partial charge in [-0.05, 0) is 67.5 Å². The molecule has 1 aromatic heterocycles. The highest BCUT2D eigenvalue weighted by atomic mass is 16.5. The van der Waals surface area contributed by atoms with E-state index in [1.54, 1.807) is 0 Å². The molecule has 0 saturated carbocycles. The summed E-state index contributed by atoms with van der Waals surface area (Å²) in [5.74, 6) is 0.665. The molecule has 154 valence electrons. The molecule has 0 radical (unpaired) electrons. The van der Waals surface area contributed by atoms with Crippen LogP contribution in [0.2, 0.25) is 0 Å². The number of ketones is 1. The van der Waals surface area contributed by atoms with Crippen LogP contribution in [0.1, 0.15) is 58.0 Å². The third kappa shape index (κ3) is 2.92. The van der Waals surface area contributed by atoms with Gasteiger partial charge < -0.3 is 14.1 Å². The molecule has 5 heteroatoms. The highest BCUT2D eigenvalue weighted by Crippen LogP contribution is 2.44. The molecule has 5 nitrogen and oxygen atoms in total. The smallest absolute Gasteiger partial charge is 0.339 e. The predicted molar refractivity (Wildman–Crippen MR) is 117 cm³/mol. The Bertz CT molecular complexity index is 1220. The highest BCUT2D eigenvalue weighted by Gasteiger charge is 2.33. The van der Waals surface area contributed by atoms with Crippen LogP contribution in [0.4, 0.5) is 5.69 Å². The lowest BCUT2D eigenvalue weighted by Gasteiger charge is -2.29. The maximum Gasteiger partial charge on any atom is 0.339 e. The second kappa shape index (κ2) is 7.01. The molecule has 2 heterocycles. The summed E-state index contributed by atoms with van der Waals surface area (Å²) in [7, 11) is 4.00. The normalized spacial score (nSPS) is 18.0. The van der Waals surface area contributed by atoms with Crippen molar-refractivity contribution in [1.82, 2.24) is 0 Å². The number of ether oxygens (including phenoxy) is 1. The molecule has 3 aromatic rings. The van der Waals surface area contributed by atoms with Gasteiger partial charge in [-0.25, -0.2) is 4.79 Å². The third-order valence-corrected chi connectivity index (χ3v) is 6.35. The van der Waals surface area contributed by atoms with Crippen molar-refractivity contribution < 1.29 is 13.9 Å². The van der Waals surface area contributed by atoms with E-state index in [2.05, 4.69) is 0 Å². The first-order valence-corrected chi connectivity index (χ1v) is 10.5. The molecule has 1 atom stereocenters. The molecule has 1 aliphatic heterocycles. The van der Waals surface area contributed by atoms with Gasteiger partial charge in [0.2, 0.25) is 0 Å². The van der Waals surface area contributed by atoms with Gasteiger partial charge in [-0.2, -0.15) is 0 Å². The minimum absolute atomic E-state index is 0.0769. The Hall–Kier alpha value is -3.08. The van der Waals surface area contributed by atoms with Gasteiger partial charge in [0.25, 0.3) is 0 Å². The number of hydrogen-bond donors (Lipinski definition) is 0. The number of Topliss-reactive ketones (excluding diaryl/α,β-unsaturated/α-hetero) is 1. The van der Waals surface area contributed by atoms with Crippen molar-refractivity contribution in [1.29, 1.82) is 0 Å². The van der Waals surface area contributed by atoms with E-state index >= 15 is 0 Å². The molecule has 30 heavy (non-hydrogen) atoms. The molecule has 0 spiro atoms. The Morgan fingerprint density at radius 1 is 1.00 bits per heavy atom. The second-order valence-corrected chi connectivity index (χ2v) is 8.54. The lowest BCUT2D eigenvalue weighted by atomic mass is 9.86. The fourth-order valence-electron chi connectivity index (χ4n) is 4.78. The number of rotatable bonds is 2. The van der Waals surface area contributed by atoms with Crippen LogP contribution in [0.3, 0.4) is 0 Å². The predicted octanol–water partition coefficient (Wildman–Crippen LogP) is 4.75. The quantitative estimate of drug-likeness (QED) is 0.578. The molecule has 1 aliphatic carbocycles. The summed E-state index contributed by atoms with van der Waals surface area (Å²) in [5, 5.41) is 0.813. The van der Waals surface area contributed by atoms with Crippen LogP contribution >= 0.6 is 0 Å². The number of hydrogen-bond acceptors (Lipinski definition) is 5. The number of carbonyl (C=O) groups excluding carboxylic acids is 1.